The number of carbonyl (C=O) groups excluding carboxylic acids is 2. The zero-order valence-corrected chi connectivity index (χ0v) is 20.9. The maximum absolute atomic E-state index is 14.0. The predicted octanol–water partition coefficient (Wildman–Crippen LogP) is 5.26. The first kappa shape index (κ1) is 24.3. The van der Waals surface area contributed by atoms with Crippen LogP contribution in [0.3, 0.4) is 0 Å². The summed E-state index contributed by atoms with van der Waals surface area (Å²) in [5, 5.41) is 0. The van der Waals surface area contributed by atoms with Crippen molar-refractivity contribution >= 4 is 11.8 Å². The summed E-state index contributed by atoms with van der Waals surface area (Å²) in [5.41, 5.74) is 2.73. The van der Waals surface area contributed by atoms with E-state index in [4.69, 9.17) is 4.74 Å². The van der Waals surface area contributed by atoms with E-state index >= 15 is 0 Å². The van der Waals surface area contributed by atoms with Gasteiger partial charge < -0.3 is 14.5 Å². The van der Waals surface area contributed by atoms with E-state index in [0.29, 0.717) is 26.2 Å². The Balaban J connectivity index is 1.51. The summed E-state index contributed by atoms with van der Waals surface area (Å²) >= 11 is 0. The molecule has 0 radical (unpaired) electrons. The van der Waals surface area contributed by atoms with Crippen molar-refractivity contribution in [2.45, 2.75) is 65.3 Å². The third-order valence-corrected chi connectivity index (χ3v) is 7.56. The molecule has 0 N–H and O–H groups in total. The average Bonchev–Trinajstić information content (AvgIpc) is 2.84. The van der Waals surface area contributed by atoms with Crippen LogP contribution < -0.4 is 4.74 Å². The van der Waals surface area contributed by atoms with Gasteiger partial charge in [-0.15, -0.1) is 0 Å². The van der Waals surface area contributed by atoms with Gasteiger partial charge in [-0.1, -0.05) is 42.3 Å². The summed E-state index contributed by atoms with van der Waals surface area (Å²) in [4.78, 5) is 31.0. The van der Waals surface area contributed by atoms with Crippen LogP contribution in [0.25, 0.3) is 0 Å². The van der Waals surface area contributed by atoms with Gasteiger partial charge in [0, 0.05) is 24.7 Å². The second-order valence-corrected chi connectivity index (χ2v) is 10.2. The van der Waals surface area contributed by atoms with Crippen molar-refractivity contribution in [2.75, 3.05) is 26.2 Å². The SMILES string of the molecule is Cc1ccc(C(=O)N2CCC3(CCCCc4ccccc4OCCN(C(C)C)C3=O)CC2)cc1. The van der Waals surface area contributed by atoms with Crippen LogP contribution in [0.2, 0.25) is 0 Å². The fourth-order valence-corrected chi connectivity index (χ4v) is 5.37. The summed E-state index contributed by atoms with van der Waals surface area (Å²) < 4.78 is 6.12. The number of benzene rings is 2. The molecule has 5 heteroatoms. The predicted molar refractivity (Wildman–Crippen MR) is 135 cm³/mol. The molecule has 34 heavy (non-hydrogen) atoms. The molecule has 1 saturated heterocycles. The van der Waals surface area contributed by atoms with E-state index in [0.717, 1.165) is 55.4 Å². The Morgan fingerprint density at radius 2 is 1.65 bits per heavy atom. The van der Waals surface area contributed by atoms with Crippen LogP contribution in [0.15, 0.2) is 48.5 Å². The largest absolute Gasteiger partial charge is 0.491 e. The number of para-hydroxylation sites is 1. The molecular formula is C29H38N2O3. The zero-order chi connectivity index (χ0) is 24.1. The molecule has 5 nitrogen and oxygen atoms in total. The van der Waals surface area contributed by atoms with Gasteiger partial charge in [0.05, 0.1) is 12.0 Å². The fourth-order valence-electron chi connectivity index (χ4n) is 5.37. The molecule has 2 aromatic carbocycles. The summed E-state index contributed by atoms with van der Waals surface area (Å²) in [6, 6.07) is 16.1. The summed E-state index contributed by atoms with van der Waals surface area (Å²) in [6.07, 6.45) is 5.33. The number of ether oxygens (including phenoxy) is 1. The van der Waals surface area contributed by atoms with Crippen LogP contribution in [0, 0.1) is 12.3 Å². The van der Waals surface area contributed by atoms with Gasteiger partial charge in [0.2, 0.25) is 5.91 Å². The van der Waals surface area contributed by atoms with E-state index in [1.54, 1.807) is 0 Å². The van der Waals surface area contributed by atoms with E-state index < -0.39 is 5.41 Å². The maximum atomic E-state index is 14.0. The Hall–Kier alpha value is -2.82. The molecule has 2 heterocycles. The second kappa shape index (κ2) is 10.6. The highest BCUT2D eigenvalue weighted by Crippen LogP contribution is 2.40. The van der Waals surface area contributed by atoms with Crippen molar-refractivity contribution < 1.29 is 14.3 Å². The lowest BCUT2D eigenvalue weighted by Gasteiger charge is -2.44. The molecule has 182 valence electrons. The lowest BCUT2D eigenvalue weighted by atomic mass is 9.72. The minimum atomic E-state index is -0.396. The van der Waals surface area contributed by atoms with Crippen LogP contribution >= 0.6 is 0 Å². The molecular weight excluding hydrogens is 424 g/mol. The van der Waals surface area contributed by atoms with Crippen molar-refractivity contribution in [1.82, 2.24) is 9.80 Å². The smallest absolute Gasteiger partial charge is 0.253 e. The molecule has 2 amide bonds. The standard InChI is InChI=1S/C29H38N2O3/c1-22(2)31-20-21-34-26-10-5-4-8-24(26)9-6-7-15-29(28(31)33)16-18-30(19-17-29)27(32)25-13-11-23(3)12-14-25/h4-5,8,10-14,22H,6-7,9,15-21H2,1-3H3. The quantitative estimate of drug-likeness (QED) is 0.612. The van der Waals surface area contributed by atoms with E-state index in [9.17, 15) is 9.59 Å². The Morgan fingerprint density at radius 3 is 2.35 bits per heavy atom. The molecule has 2 aliphatic rings. The van der Waals surface area contributed by atoms with Gasteiger partial charge in [-0.3, -0.25) is 9.59 Å². The van der Waals surface area contributed by atoms with Crippen molar-refractivity contribution in [2.24, 2.45) is 5.41 Å². The van der Waals surface area contributed by atoms with Gasteiger partial charge in [0.15, 0.2) is 0 Å². The molecule has 0 atom stereocenters. The number of nitrogens with zero attached hydrogens (tertiary/aromatic N) is 2. The summed E-state index contributed by atoms with van der Waals surface area (Å²) in [6.45, 7) is 8.53. The highest BCUT2D eigenvalue weighted by molar-refractivity contribution is 5.94. The molecule has 1 fully saturated rings. The van der Waals surface area contributed by atoms with Gasteiger partial charge in [0.1, 0.15) is 12.4 Å². The third kappa shape index (κ3) is 5.29. The lowest BCUT2D eigenvalue weighted by molar-refractivity contribution is -0.148. The number of hydrogen-bond donors (Lipinski definition) is 0. The zero-order valence-electron chi connectivity index (χ0n) is 20.9. The van der Waals surface area contributed by atoms with Gasteiger partial charge in [-0.2, -0.15) is 0 Å². The molecule has 0 bridgehead atoms. The third-order valence-electron chi connectivity index (χ3n) is 7.56. The number of amides is 2. The number of fused-ring (bicyclic) bond motifs is 1. The summed E-state index contributed by atoms with van der Waals surface area (Å²) in [7, 11) is 0. The number of piperidine rings is 1. The van der Waals surface area contributed by atoms with Crippen LogP contribution in [0.1, 0.15) is 67.4 Å². The van der Waals surface area contributed by atoms with Gasteiger partial charge >= 0.3 is 0 Å². The maximum Gasteiger partial charge on any atom is 0.253 e. The molecule has 0 unspecified atom stereocenters. The minimum absolute atomic E-state index is 0.0705. The number of likely N-dealkylation sites (tertiary alicyclic amines) is 1. The Kier molecular flexibility index (Phi) is 7.60. The van der Waals surface area contributed by atoms with Crippen LogP contribution in [-0.2, 0) is 11.2 Å². The Bertz CT molecular complexity index is 991. The van der Waals surface area contributed by atoms with E-state index in [2.05, 4.69) is 26.0 Å². The van der Waals surface area contributed by atoms with Crippen LogP contribution in [-0.4, -0.2) is 53.9 Å². The average molecular weight is 463 g/mol. The Morgan fingerprint density at radius 1 is 0.941 bits per heavy atom. The second-order valence-electron chi connectivity index (χ2n) is 10.2. The van der Waals surface area contributed by atoms with Crippen LogP contribution in [0.5, 0.6) is 5.75 Å². The Labute approximate surface area is 204 Å². The van der Waals surface area contributed by atoms with Crippen molar-refractivity contribution in [3.63, 3.8) is 0 Å². The van der Waals surface area contributed by atoms with E-state index in [1.807, 2.05) is 53.1 Å². The first-order valence-corrected chi connectivity index (χ1v) is 12.8. The lowest BCUT2D eigenvalue weighted by Crippen LogP contribution is -2.53. The molecule has 0 aliphatic carbocycles. The first-order valence-electron chi connectivity index (χ1n) is 12.8. The van der Waals surface area contributed by atoms with Gasteiger partial charge in [-0.25, -0.2) is 0 Å². The molecule has 1 spiro atoms. The van der Waals surface area contributed by atoms with Gasteiger partial charge in [-0.05, 0) is 76.6 Å². The van der Waals surface area contributed by atoms with Crippen LogP contribution in [0.4, 0.5) is 0 Å². The van der Waals surface area contributed by atoms with Crippen molar-refractivity contribution in [3.8, 4) is 5.75 Å². The first-order chi connectivity index (χ1) is 16.4. The topological polar surface area (TPSA) is 49.9 Å². The highest BCUT2D eigenvalue weighted by Gasteiger charge is 2.44. The molecule has 2 aliphatic heterocycles. The molecule has 0 saturated carbocycles. The van der Waals surface area contributed by atoms with E-state index in [1.165, 1.54) is 5.56 Å². The molecule has 4 rings (SSSR count). The van der Waals surface area contributed by atoms with Crippen molar-refractivity contribution in [1.29, 1.82) is 0 Å². The fraction of sp³-hybridized carbons (Fsp3) is 0.517. The van der Waals surface area contributed by atoms with Crippen molar-refractivity contribution in [3.05, 3.63) is 65.2 Å². The van der Waals surface area contributed by atoms with E-state index in [-0.39, 0.29) is 17.9 Å². The summed E-state index contributed by atoms with van der Waals surface area (Å²) in [5.74, 6) is 1.25. The molecule has 2 aromatic rings. The number of aryl methyl sites for hydroxylation is 2. The normalized spacial score (nSPS) is 19.2. The number of carbonyl (C=O) groups is 2. The number of hydrogen-bond acceptors (Lipinski definition) is 3. The minimum Gasteiger partial charge on any atom is -0.491 e. The highest BCUT2D eigenvalue weighted by atomic mass is 16.5. The monoisotopic (exact) mass is 462 g/mol. The van der Waals surface area contributed by atoms with Gasteiger partial charge in [0.25, 0.3) is 5.91 Å². The molecule has 0 aromatic heterocycles. The number of rotatable bonds is 2.